The third-order valence-corrected chi connectivity index (χ3v) is 8.66. The molecule has 1 N–H and O–H groups in total. The van der Waals surface area contributed by atoms with Crippen LogP contribution in [0.4, 0.5) is 13.2 Å². The predicted octanol–water partition coefficient (Wildman–Crippen LogP) is 5.72. The van der Waals surface area contributed by atoms with Crippen molar-refractivity contribution in [1.29, 1.82) is 0 Å². The van der Waals surface area contributed by atoms with Crippen LogP contribution in [0.25, 0.3) is 10.9 Å². The Morgan fingerprint density at radius 3 is 2.68 bits per heavy atom. The number of alkyl halides is 3. The fourth-order valence-corrected chi connectivity index (χ4v) is 6.44. The minimum Gasteiger partial charge on any atom is -0.460 e. The SMILES string of the molecule is Cc1ccc2c(C(=O)NC3CCC(CCN4CCc5nc(OCC(F)(F)F)sc5CC4)CC3)cccc2n1. The monoisotopic (exact) mass is 546 g/mol. The van der Waals surface area contributed by atoms with Crippen LogP contribution in [0.3, 0.4) is 0 Å². The van der Waals surface area contributed by atoms with Gasteiger partial charge in [0.1, 0.15) is 0 Å². The molecule has 0 saturated heterocycles. The van der Waals surface area contributed by atoms with Crippen molar-refractivity contribution in [2.45, 2.75) is 64.1 Å². The van der Waals surface area contributed by atoms with E-state index in [-0.39, 0.29) is 17.1 Å². The van der Waals surface area contributed by atoms with Crippen molar-refractivity contribution in [3.05, 3.63) is 52.2 Å². The number of hydrogen-bond acceptors (Lipinski definition) is 6. The average molecular weight is 547 g/mol. The third-order valence-electron chi connectivity index (χ3n) is 7.59. The second-order valence-corrected chi connectivity index (χ2v) is 11.4. The van der Waals surface area contributed by atoms with Gasteiger partial charge in [0.25, 0.3) is 11.1 Å². The van der Waals surface area contributed by atoms with Crippen molar-refractivity contribution >= 4 is 28.1 Å². The standard InChI is InChI=1S/C28H33F3N4O2S/c1-18-5-10-21-22(3-2-4-23(21)32-18)26(36)33-20-8-6-19(7-9-20)11-14-35-15-12-24-25(13-16-35)38-27(34-24)37-17-28(29,30)31/h2-5,10,19-20H,6-9,11-17H2,1H3,(H,33,36). The van der Waals surface area contributed by atoms with Crippen molar-refractivity contribution in [2.75, 3.05) is 26.2 Å². The normalized spacial score (nSPS) is 20.6. The largest absolute Gasteiger partial charge is 0.460 e. The Balaban J connectivity index is 1.05. The summed E-state index contributed by atoms with van der Waals surface area (Å²) in [6.07, 6.45) is 2.48. The number of pyridine rings is 1. The molecular formula is C28H33F3N4O2S. The van der Waals surface area contributed by atoms with Crippen LogP contribution in [0.5, 0.6) is 5.19 Å². The minimum absolute atomic E-state index is 0.0256. The van der Waals surface area contributed by atoms with Crippen molar-refractivity contribution in [3.63, 3.8) is 0 Å². The Hall–Kier alpha value is -2.72. The summed E-state index contributed by atoms with van der Waals surface area (Å²) >= 11 is 1.24. The van der Waals surface area contributed by atoms with E-state index in [1.54, 1.807) is 0 Å². The van der Waals surface area contributed by atoms with Gasteiger partial charge in [-0.3, -0.25) is 9.78 Å². The van der Waals surface area contributed by atoms with Crippen LogP contribution in [-0.2, 0) is 12.8 Å². The molecule has 5 rings (SSSR count). The van der Waals surface area contributed by atoms with Crippen molar-refractivity contribution in [3.8, 4) is 5.19 Å². The lowest BCUT2D eigenvalue weighted by molar-refractivity contribution is -0.153. The molecule has 0 unspecified atom stereocenters. The Kier molecular flexibility index (Phi) is 8.18. The van der Waals surface area contributed by atoms with Crippen LogP contribution in [0.1, 0.15) is 58.7 Å². The van der Waals surface area contributed by atoms with Crippen molar-refractivity contribution < 1.29 is 22.7 Å². The summed E-state index contributed by atoms with van der Waals surface area (Å²) in [5.74, 6) is 0.619. The fraction of sp³-hybridized carbons (Fsp3) is 0.536. The number of ether oxygens (including phenoxy) is 1. The maximum atomic E-state index is 13.0. The van der Waals surface area contributed by atoms with Gasteiger partial charge in [0.2, 0.25) is 0 Å². The number of nitrogens with zero attached hydrogens (tertiary/aromatic N) is 3. The van der Waals surface area contributed by atoms with Crippen LogP contribution in [0.15, 0.2) is 30.3 Å². The topological polar surface area (TPSA) is 67.4 Å². The predicted molar refractivity (Wildman–Crippen MR) is 142 cm³/mol. The van der Waals surface area contributed by atoms with Gasteiger partial charge in [-0.2, -0.15) is 13.2 Å². The van der Waals surface area contributed by atoms with Crippen LogP contribution >= 0.6 is 11.3 Å². The van der Waals surface area contributed by atoms with E-state index in [9.17, 15) is 18.0 Å². The first-order chi connectivity index (χ1) is 18.2. The van der Waals surface area contributed by atoms with Gasteiger partial charge in [-0.05, 0) is 76.1 Å². The highest BCUT2D eigenvalue weighted by Gasteiger charge is 2.30. The minimum atomic E-state index is -4.35. The molecule has 6 nitrogen and oxygen atoms in total. The molecule has 2 aromatic heterocycles. The van der Waals surface area contributed by atoms with E-state index in [0.29, 0.717) is 11.5 Å². The number of carbonyl (C=O) groups excluding carboxylic acids is 1. The van der Waals surface area contributed by atoms with E-state index >= 15 is 0 Å². The quantitative estimate of drug-likeness (QED) is 0.411. The van der Waals surface area contributed by atoms with Gasteiger partial charge in [0.05, 0.1) is 11.2 Å². The molecule has 0 atom stereocenters. The van der Waals surface area contributed by atoms with Gasteiger partial charge < -0.3 is 15.0 Å². The Morgan fingerprint density at radius 2 is 1.89 bits per heavy atom. The number of aryl methyl sites for hydroxylation is 1. The molecule has 2 aliphatic rings. The molecule has 204 valence electrons. The highest BCUT2D eigenvalue weighted by Crippen LogP contribution is 2.31. The third kappa shape index (κ3) is 6.83. The lowest BCUT2D eigenvalue weighted by Gasteiger charge is -2.31. The number of rotatable bonds is 7. The second-order valence-electron chi connectivity index (χ2n) is 10.4. The Morgan fingerprint density at radius 1 is 1.11 bits per heavy atom. The van der Waals surface area contributed by atoms with Crippen molar-refractivity contribution in [1.82, 2.24) is 20.2 Å². The summed E-state index contributed by atoms with van der Waals surface area (Å²) in [4.78, 5) is 25.3. The summed E-state index contributed by atoms with van der Waals surface area (Å²) in [6, 6.07) is 9.80. The molecule has 3 heterocycles. The fourth-order valence-electron chi connectivity index (χ4n) is 5.49. The smallest absolute Gasteiger partial charge is 0.422 e. The van der Waals surface area contributed by atoms with Gasteiger partial charge >= 0.3 is 6.18 Å². The second kappa shape index (κ2) is 11.6. The zero-order valence-electron chi connectivity index (χ0n) is 21.5. The number of amides is 1. The lowest BCUT2D eigenvalue weighted by Crippen LogP contribution is -2.38. The zero-order chi connectivity index (χ0) is 26.7. The van der Waals surface area contributed by atoms with Gasteiger partial charge in [-0.1, -0.05) is 23.5 Å². The number of carbonyl (C=O) groups is 1. The molecule has 0 spiro atoms. The molecule has 1 amide bonds. The average Bonchev–Trinajstić information content (AvgIpc) is 3.19. The van der Waals surface area contributed by atoms with E-state index in [0.717, 1.165) is 91.7 Å². The molecule has 0 radical (unpaired) electrons. The maximum absolute atomic E-state index is 13.0. The molecule has 1 fully saturated rings. The highest BCUT2D eigenvalue weighted by molar-refractivity contribution is 7.13. The van der Waals surface area contributed by atoms with Crippen LogP contribution in [0.2, 0.25) is 0 Å². The highest BCUT2D eigenvalue weighted by atomic mass is 32.1. The van der Waals surface area contributed by atoms with Crippen molar-refractivity contribution in [2.24, 2.45) is 5.92 Å². The molecule has 3 aromatic rings. The number of fused-ring (bicyclic) bond motifs is 2. The number of aromatic nitrogens is 2. The van der Waals surface area contributed by atoms with Crippen LogP contribution < -0.4 is 10.1 Å². The van der Waals surface area contributed by atoms with Gasteiger partial charge in [-0.15, -0.1) is 0 Å². The molecule has 1 aromatic carbocycles. The first-order valence-corrected chi connectivity index (χ1v) is 14.1. The van der Waals surface area contributed by atoms with Crippen LogP contribution in [0, 0.1) is 12.8 Å². The molecule has 1 aliphatic carbocycles. The van der Waals surface area contributed by atoms with Gasteiger partial charge in [0, 0.05) is 47.1 Å². The molecule has 10 heteroatoms. The van der Waals surface area contributed by atoms with E-state index in [2.05, 4.69) is 20.2 Å². The number of hydrogen-bond donors (Lipinski definition) is 1. The summed E-state index contributed by atoms with van der Waals surface area (Å²) in [7, 11) is 0. The number of benzene rings is 1. The molecule has 38 heavy (non-hydrogen) atoms. The Bertz CT molecular complexity index is 1250. The number of halogens is 3. The summed E-state index contributed by atoms with van der Waals surface area (Å²) < 4.78 is 42.1. The van der Waals surface area contributed by atoms with E-state index in [1.807, 2.05) is 37.3 Å². The van der Waals surface area contributed by atoms with Gasteiger partial charge in [0.15, 0.2) is 6.61 Å². The lowest BCUT2D eigenvalue weighted by atomic mass is 9.84. The molecule has 1 aliphatic heterocycles. The van der Waals surface area contributed by atoms with E-state index < -0.39 is 12.8 Å². The van der Waals surface area contributed by atoms with Gasteiger partial charge in [-0.25, -0.2) is 4.98 Å². The van der Waals surface area contributed by atoms with Crippen LogP contribution in [-0.4, -0.2) is 59.2 Å². The summed E-state index contributed by atoms with van der Waals surface area (Å²) in [6.45, 7) is 3.41. The van der Waals surface area contributed by atoms with E-state index in [1.165, 1.54) is 11.3 Å². The molecule has 0 bridgehead atoms. The zero-order valence-corrected chi connectivity index (χ0v) is 22.3. The summed E-state index contributed by atoms with van der Waals surface area (Å²) in [5.41, 5.74) is 3.34. The number of thiazole rings is 1. The molecule has 1 saturated carbocycles. The Labute approximate surface area is 224 Å². The maximum Gasteiger partial charge on any atom is 0.422 e. The first-order valence-electron chi connectivity index (χ1n) is 13.3. The number of nitrogens with one attached hydrogen (secondary N) is 1. The summed E-state index contributed by atoms with van der Waals surface area (Å²) in [5, 5.41) is 4.26. The molecular weight excluding hydrogens is 513 g/mol. The first kappa shape index (κ1) is 26.9. The van der Waals surface area contributed by atoms with E-state index in [4.69, 9.17) is 4.74 Å².